The van der Waals surface area contributed by atoms with Crippen molar-refractivity contribution in [3.63, 3.8) is 0 Å². The third-order valence-corrected chi connectivity index (χ3v) is 4.13. The van der Waals surface area contributed by atoms with Gasteiger partial charge in [-0.05, 0) is 32.5 Å². The topological polar surface area (TPSA) is 39.3 Å². The van der Waals surface area contributed by atoms with Crippen molar-refractivity contribution in [2.24, 2.45) is 0 Å². The summed E-state index contributed by atoms with van der Waals surface area (Å²) in [6.07, 6.45) is 3.82. The van der Waals surface area contributed by atoms with E-state index in [-0.39, 0.29) is 6.04 Å². The van der Waals surface area contributed by atoms with Crippen LogP contribution < -0.4 is 5.46 Å². The van der Waals surface area contributed by atoms with Crippen LogP contribution in [0.3, 0.4) is 0 Å². The Hall–Kier alpha value is -1.26. The maximum atomic E-state index is 10.6. The van der Waals surface area contributed by atoms with Crippen molar-refractivity contribution in [1.82, 2.24) is 9.88 Å². The van der Waals surface area contributed by atoms with Gasteiger partial charge in [0.1, 0.15) is 7.85 Å². The molecular weight excluding hydrogens is 223 g/mol. The molecule has 1 unspecified atom stereocenters. The molecule has 1 saturated heterocycles. The van der Waals surface area contributed by atoms with Crippen molar-refractivity contribution in [3.8, 4) is 0 Å². The normalized spacial score (nSPS) is 22.7. The Kier molecular flexibility index (Phi) is 2.92. The fraction of sp³-hybridized carbons (Fsp3) is 0.429. The van der Waals surface area contributed by atoms with E-state index in [1.54, 1.807) is 0 Å². The number of aromatic amines is 1. The SMILES string of the molecule is Bc1ccc2[nH]cc(C(O)[C@H]3CCCN3C)c2c1. The second kappa shape index (κ2) is 4.45. The van der Waals surface area contributed by atoms with E-state index in [4.69, 9.17) is 0 Å². The molecule has 0 spiro atoms. The van der Waals surface area contributed by atoms with Crippen molar-refractivity contribution in [1.29, 1.82) is 0 Å². The van der Waals surface area contributed by atoms with E-state index in [1.807, 2.05) is 6.20 Å². The summed E-state index contributed by atoms with van der Waals surface area (Å²) < 4.78 is 0. The molecule has 2 aromatic rings. The van der Waals surface area contributed by atoms with Crippen LogP contribution in [-0.2, 0) is 0 Å². The number of rotatable bonds is 2. The fourth-order valence-electron chi connectivity index (χ4n) is 3.04. The molecule has 2 heterocycles. The zero-order chi connectivity index (χ0) is 12.7. The number of aromatic nitrogens is 1. The van der Waals surface area contributed by atoms with E-state index in [9.17, 15) is 5.11 Å². The summed E-state index contributed by atoms with van der Waals surface area (Å²) >= 11 is 0. The highest BCUT2D eigenvalue weighted by atomic mass is 16.3. The Balaban J connectivity index is 2.00. The molecule has 3 nitrogen and oxygen atoms in total. The summed E-state index contributed by atoms with van der Waals surface area (Å²) in [6.45, 7) is 1.09. The minimum atomic E-state index is -0.395. The lowest BCUT2D eigenvalue weighted by molar-refractivity contribution is 0.0868. The Bertz CT molecular complexity index is 566. The number of nitrogens with zero attached hydrogens (tertiary/aromatic N) is 1. The molecule has 1 aromatic heterocycles. The van der Waals surface area contributed by atoms with Crippen molar-refractivity contribution < 1.29 is 5.11 Å². The van der Waals surface area contributed by atoms with E-state index in [0.29, 0.717) is 0 Å². The van der Waals surface area contributed by atoms with Gasteiger partial charge in [-0.1, -0.05) is 17.6 Å². The van der Waals surface area contributed by atoms with Crippen LogP contribution in [0, 0.1) is 0 Å². The summed E-state index contributed by atoms with van der Waals surface area (Å²) in [4.78, 5) is 5.52. The molecule has 1 aliphatic rings. The number of aliphatic hydroxyl groups is 1. The summed E-state index contributed by atoms with van der Waals surface area (Å²) in [5, 5.41) is 11.8. The molecule has 0 radical (unpaired) electrons. The molecule has 0 amide bonds. The van der Waals surface area contributed by atoms with Gasteiger partial charge in [0.25, 0.3) is 0 Å². The number of benzene rings is 1. The van der Waals surface area contributed by atoms with Crippen LogP contribution in [0.25, 0.3) is 10.9 Å². The van der Waals surface area contributed by atoms with Gasteiger partial charge in [0, 0.05) is 28.7 Å². The zero-order valence-electron chi connectivity index (χ0n) is 11.0. The van der Waals surface area contributed by atoms with Crippen molar-refractivity contribution >= 4 is 24.2 Å². The molecule has 0 bridgehead atoms. The Morgan fingerprint density at radius 2 is 2.33 bits per heavy atom. The minimum Gasteiger partial charge on any atom is -0.387 e. The molecule has 1 aromatic carbocycles. The Morgan fingerprint density at radius 3 is 3.06 bits per heavy atom. The summed E-state index contributed by atoms with van der Waals surface area (Å²) in [7, 11) is 4.19. The van der Waals surface area contributed by atoms with E-state index >= 15 is 0 Å². The van der Waals surface area contributed by atoms with Crippen LogP contribution in [0.15, 0.2) is 24.4 Å². The van der Waals surface area contributed by atoms with E-state index in [1.165, 1.54) is 11.9 Å². The standard InChI is InChI=1S/C14H19BN2O/c1-17-6-2-3-13(17)14(18)11-8-16-12-5-4-9(15)7-10(11)12/h4-5,7-8,13-14,16,18H,2-3,6,15H2,1H3/t13-,14?/m1/s1. The number of hydrogen-bond acceptors (Lipinski definition) is 2. The first kappa shape index (κ1) is 11.8. The predicted molar refractivity (Wildman–Crippen MR) is 77.1 cm³/mol. The lowest BCUT2D eigenvalue weighted by Crippen LogP contribution is -2.31. The van der Waals surface area contributed by atoms with Crippen LogP contribution in [-0.4, -0.2) is 42.5 Å². The third-order valence-electron chi connectivity index (χ3n) is 4.13. The molecule has 18 heavy (non-hydrogen) atoms. The van der Waals surface area contributed by atoms with E-state index < -0.39 is 6.10 Å². The van der Waals surface area contributed by atoms with Crippen LogP contribution in [0.2, 0.25) is 0 Å². The molecule has 1 fully saturated rings. The van der Waals surface area contributed by atoms with Crippen molar-refractivity contribution in [2.75, 3.05) is 13.6 Å². The van der Waals surface area contributed by atoms with Gasteiger partial charge < -0.3 is 15.0 Å². The molecule has 0 aliphatic carbocycles. The first-order valence-corrected chi connectivity index (χ1v) is 6.63. The summed E-state index contributed by atoms with van der Waals surface area (Å²) in [6, 6.07) is 6.58. The average molecular weight is 242 g/mol. The molecule has 94 valence electrons. The highest BCUT2D eigenvalue weighted by molar-refractivity contribution is 6.33. The van der Waals surface area contributed by atoms with Gasteiger partial charge in [-0.2, -0.15) is 0 Å². The van der Waals surface area contributed by atoms with Crippen LogP contribution in [0.5, 0.6) is 0 Å². The van der Waals surface area contributed by atoms with Gasteiger partial charge in [-0.25, -0.2) is 0 Å². The number of aliphatic hydroxyl groups excluding tert-OH is 1. The van der Waals surface area contributed by atoms with Crippen molar-refractivity contribution in [3.05, 3.63) is 30.0 Å². The molecule has 1 aliphatic heterocycles. The van der Waals surface area contributed by atoms with Gasteiger partial charge in [-0.15, -0.1) is 0 Å². The third kappa shape index (κ3) is 1.86. The summed E-state index contributed by atoms with van der Waals surface area (Å²) in [5.41, 5.74) is 3.37. The maximum Gasteiger partial charge on any atom is 0.139 e. The Morgan fingerprint density at radius 1 is 1.50 bits per heavy atom. The first-order valence-electron chi connectivity index (χ1n) is 6.63. The highest BCUT2D eigenvalue weighted by Gasteiger charge is 2.30. The molecule has 4 heteroatoms. The largest absolute Gasteiger partial charge is 0.387 e. The van der Waals surface area contributed by atoms with Crippen LogP contribution in [0.1, 0.15) is 24.5 Å². The molecule has 0 saturated carbocycles. The number of likely N-dealkylation sites (N-methyl/N-ethyl adjacent to an activating group) is 1. The molecule has 2 N–H and O–H groups in total. The zero-order valence-corrected chi connectivity index (χ0v) is 11.0. The summed E-state index contributed by atoms with van der Waals surface area (Å²) in [5.74, 6) is 0. The molecule has 2 atom stereocenters. The van der Waals surface area contributed by atoms with E-state index in [2.05, 4.69) is 43.0 Å². The van der Waals surface area contributed by atoms with Crippen molar-refractivity contribution in [2.45, 2.75) is 25.0 Å². The number of nitrogens with one attached hydrogen (secondary N) is 1. The number of likely N-dealkylation sites (tertiary alicyclic amines) is 1. The lowest BCUT2D eigenvalue weighted by atomic mass is 9.92. The minimum absolute atomic E-state index is 0.254. The van der Waals surface area contributed by atoms with Gasteiger partial charge in [-0.3, -0.25) is 0 Å². The predicted octanol–water partition coefficient (Wildman–Crippen LogP) is 0.554. The first-order chi connectivity index (χ1) is 8.66. The molecule has 3 rings (SSSR count). The quantitative estimate of drug-likeness (QED) is 0.755. The smallest absolute Gasteiger partial charge is 0.139 e. The van der Waals surface area contributed by atoms with Gasteiger partial charge in [0.2, 0.25) is 0 Å². The number of hydrogen-bond donors (Lipinski definition) is 2. The maximum absolute atomic E-state index is 10.6. The second-order valence-electron chi connectivity index (χ2n) is 5.43. The number of H-pyrrole nitrogens is 1. The average Bonchev–Trinajstić information content (AvgIpc) is 2.94. The Labute approximate surface area is 108 Å². The second-order valence-corrected chi connectivity index (χ2v) is 5.43. The molecular formula is C14H19BN2O. The van der Waals surface area contributed by atoms with Crippen LogP contribution in [0.4, 0.5) is 0 Å². The fourth-order valence-corrected chi connectivity index (χ4v) is 3.04. The van der Waals surface area contributed by atoms with Gasteiger partial charge in [0.15, 0.2) is 0 Å². The van der Waals surface area contributed by atoms with Gasteiger partial charge >= 0.3 is 0 Å². The van der Waals surface area contributed by atoms with Crippen LogP contribution >= 0.6 is 0 Å². The van der Waals surface area contributed by atoms with Gasteiger partial charge in [0.05, 0.1) is 6.10 Å². The number of fused-ring (bicyclic) bond motifs is 1. The highest BCUT2D eigenvalue weighted by Crippen LogP contribution is 2.31. The van der Waals surface area contributed by atoms with E-state index in [0.717, 1.165) is 29.4 Å². The monoisotopic (exact) mass is 242 g/mol. The lowest BCUT2D eigenvalue weighted by Gasteiger charge is -2.24.